The quantitative estimate of drug-likeness (QED) is 0.538. The summed E-state index contributed by atoms with van der Waals surface area (Å²) in [5.41, 5.74) is 1.34. The summed E-state index contributed by atoms with van der Waals surface area (Å²) < 4.78 is 6.66. The van der Waals surface area contributed by atoms with Gasteiger partial charge in [-0.05, 0) is 26.2 Å². The molecule has 2 aromatic heterocycles. The molecule has 0 aliphatic rings. The topological polar surface area (TPSA) is 84.5 Å². The highest BCUT2D eigenvalue weighted by Crippen LogP contribution is 2.17. The van der Waals surface area contributed by atoms with Crippen molar-refractivity contribution in [2.75, 3.05) is 25.5 Å². The largest absolute Gasteiger partial charge is 0.361 e. The summed E-state index contributed by atoms with van der Waals surface area (Å²) >= 11 is 0. The number of hydrogen-bond acceptors (Lipinski definition) is 5. The van der Waals surface area contributed by atoms with Crippen LogP contribution in [-0.4, -0.2) is 52.6 Å². The fraction of sp³-hybridized carbons (Fsp3) is 0.500. The maximum Gasteiger partial charge on any atom is 0.274 e. The van der Waals surface area contributed by atoms with Gasteiger partial charge in [-0.2, -0.15) is 0 Å². The third kappa shape index (κ3) is 4.01. The van der Waals surface area contributed by atoms with E-state index in [4.69, 9.17) is 4.52 Å². The third-order valence-corrected chi connectivity index (χ3v) is 3.81. The SMILES string of the molecule is Cc1cc(CCCCN(C)C(=O)c2c(N(C)C=O)ncn2C)no1. The average Bonchev–Trinajstić information content (AvgIpc) is 3.15. The lowest BCUT2D eigenvalue weighted by Gasteiger charge is -2.19. The van der Waals surface area contributed by atoms with Crippen LogP contribution in [-0.2, 0) is 18.3 Å². The minimum absolute atomic E-state index is 0.156. The molecule has 24 heavy (non-hydrogen) atoms. The van der Waals surface area contributed by atoms with E-state index in [-0.39, 0.29) is 5.91 Å². The fourth-order valence-corrected chi connectivity index (χ4v) is 2.45. The molecule has 2 heterocycles. The molecule has 0 fully saturated rings. The second kappa shape index (κ2) is 7.76. The zero-order valence-electron chi connectivity index (χ0n) is 14.5. The van der Waals surface area contributed by atoms with Gasteiger partial charge in [0.1, 0.15) is 5.76 Å². The molecule has 0 aliphatic heterocycles. The van der Waals surface area contributed by atoms with Crippen LogP contribution >= 0.6 is 0 Å². The maximum atomic E-state index is 12.6. The predicted molar refractivity (Wildman–Crippen MR) is 88.8 cm³/mol. The summed E-state index contributed by atoms with van der Waals surface area (Å²) in [7, 11) is 5.06. The minimum Gasteiger partial charge on any atom is -0.361 e. The number of nitrogens with zero attached hydrogens (tertiary/aromatic N) is 5. The molecule has 0 N–H and O–H groups in total. The van der Waals surface area contributed by atoms with Crippen LogP contribution in [0.25, 0.3) is 0 Å². The van der Waals surface area contributed by atoms with Crippen molar-refractivity contribution < 1.29 is 14.1 Å². The van der Waals surface area contributed by atoms with Crippen LogP contribution in [0.2, 0.25) is 0 Å². The van der Waals surface area contributed by atoms with Crippen molar-refractivity contribution in [3.8, 4) is 0 Å². The predicted octanol–water partition coefficient (Wildman–Crippen LogP) is 1.40. The number of unbranched alkanes of at least 4 members (excludes halogenated alkanes) is 1. The van der Waals surface area contributed by atoms with Gasteiger partial charge in [0.05, 0.1) is 12.0 Å². The second-order valence-corrected chi connectivity index (χ2v) is 5.86. The van der Waals surface area contributed by atoms with Gasteiger partial charge in [0.25, 0.3) is 5.91 Å². The molecule has 8 heteroatoms. The molecule has 0 bridgehead atoms. The highest BCUT2D eigenvalue weighted by molar-refractivity contribution is 5.99. The van der Waals surface area contributed by atoms with Crippen molar-refractivity contribution in [3.05, 3.63) is 29.5 Å². The van der Waals surface area contributed by atoms with E-state index >= 15 is 0 Å². The number of imidazole rings is 1. The first kappa shape index (κ1) is 17.7. The van der Waals surface area contributed by atoms with E-state index in [0.29, 0.717) is 24.5 Å². The highest BCUT2D eigenvalue weighted by Gasteiger charge is 2.22. The Kier molecular flexibility index (Phi) is 5.73. The van der Waals surface area contributed by atoms with Gasteiger partial charge in [-0.15, -0.1) is 0 Å². The number of aromatic nitrogens is 3. The van der Waals surface area contributed by atoms with E-state index < -0.39 is 0 Å². The zero-order valence-corrected chi connectivity index (χ0v) is 14.5. The normalized spacial score (nSPS) is 10.7. The number of aryl methyl sites for hydroxylation is 3. The standard InChI is InChI=1S/C16H23N5O3/c1-12-9-13(18-24-12)7-5-6-8-19(2)16(23)14-15(21(4)11-22)17-10-20(14)3/h9-11H,5-8H2,1-4H3. The fourth-order valence-electron chi connectivity index (χ4n) is 2.45. The number of hydrogen-bond donors (Lipinski definition) is 0. The van der Waals surface area contributed by atoms with Crippen LogP contribution in [0, 0.1) is 6.92 Å². The number of carbonyl (C=O) groups excluding carboxylic acids is 2. The first-order valence-electron chi connectivity index (χ1n) is 7.81. The summed E-state index contributed by atoms with van der Waals surface area (Å²) in [4.78, 5) is 30.6. The lowest BCUT2D eigenvalue weighted by atomic mass is 10.2. The Morgan fingerprint density at radius 1 is 1.38 bits per heavy atom. The van der Waals surface area contributed by atoms with Crippen molar-refractivity contribution >= 4 is 18.1 Å². The Labute approximate surface area is 141 Å². The molecule has 2 amide bonds. The zero-order chi connectivity index (χ0) is 17.7. The van der Waals surface area contributed by atoms with Crippen LogP contribution in [0.1, 0.15) is 34.8 Å². The molecule has 0 unspecified atom stereocenters. The summed E-state index contributed by atoms with van der Waals surface area (Å²) in [6, 6.07) is 1.92. The minimum atomic E-state index is -0.156. The summed E-state index contributed by atoms with van der Waals surface area (Å²) in [5.74, 6) is 1.01. The number of rotatable bonds is 8. The molecule has 0 saturated heterocycles. The molecule has 130 valence electrons. The first-order valence-corrected chi connectivity index (χ1v) is 7.81. The Hall–Kier alpha value is -2.64. The maximum absolute atomic E-state index is 12.6. The molecule has 0 saturated carbocycles. The van der Waals surface area contributed by atoms with Crippen LogP contribution in [0.15, 0.2) is 16.9 Å². The van der Waals surface area contributed by atoms with E-state index in [9.17, 15) is 9.59 Å². The van der Waals surface area contributed by atoms with Crippen molar-refractivity contribution in [2.45, 2.75) is 26.2 Å². The van der Waals surface area contributed by atoms with Gasteiger partial charge in [0.2, 0.25) is 6.41 Å². The molecule has 0 spiro atoms. The molecule has 0 atom stereocenters. The van der Waals surface area contributed by atoms with Crippen molar-refractivity contribution in [3.63, 3.8) is 0 Å². The molecule has 0 radical (unpaired) electrons. The van der Waals surface area contributed by atoms with E-state index in [2.05, 4.69) is 10.1 Å². The number of anilines is 1. The van der Waals surface area contributed by atoms with Crippen LogP contribution in [0.3, 0.4) is 0 Å². The van der Waals surface area contributed by atoms with Crippen LogP contribution in [0.4, 0.5) is 5.82 Å². The van der Waals surface area contributed by atoms with Gasteiger partial charge < -0.3 is 18.9 Å². The Balaban J connectivity index is 1.90. The van der Waals surface area contributed by atoms with E-state index in [1.165, 1.54) is 11.2 Å². The Morgan fingerprint density at radius 2 is 2.12 bits per heavy atom. The molecule has 8 nitrogen and oxygen atoms in total. The van der Waals surface area contributed by atoms with Gasteiger partial charge in [-0.3, -0.25) is 9.59 Å². The molecular weight excluding hydrogens is 310 g/mol. The van der Waals surface area contributed by atoms with Gasteiger partial charge in [0.15, 0.2) is 11.5 Å². The van der Waals surface area contributed by atoms with Crippen LogP contribution in [0.5, 0.6) is 0 Å². The van der Waals surface area contributed by atoms with Gasteiger partial charge in [-0.1, -0.05) is 5.16 Å². The van der Waals surface area contributed by atoms with Crippen molar-refractivity contribution in [1.82, 2.24) is 19.6 Å². The monoisotopic (exact) mass is 333 g/mol. The molecule has 0 aliphatic carbocycles. The van der Waals surface area contributed by atoms with Crippen molar-refractivity contribution in [1.29, 1.82) is 0 Å². The lowest BCUT2D eigenvalue weighted by molar-refractivity contribution is -0.107. The summed E-state index contributed by atoms with van der Waals surface area (Å²) in [6.45, 7) is 2.48. The first-order chi connectivity index (χ1) is 11.4. The van der Waals surface area contributed by atoms with Gasteiger partial charge in [-0.25, -0.2) is 4.98 Å². The summed E-state index contributed by atoms with van der Waals surface area (Å²) in [6.07, 6.45) is 4.76. The highest BCUT2D eigenvalue weighted by atomic mass is 16.5. The molecule has 2 rings (SSSR count). The lowest BCUT2D eigenvalue weighted by Crippen LogP contribution is -2.31. The van der Waals surface area contributed by atoms with E-state index in [1.807, 2.05) is 13.0 Å². The molecular formula is C16H23N5O3. The smallest absolute Gasteiger partial charge is 0.274 e. The van der Waals surface area contributed by atoms with Gasteiger partial charge in [0, 0.05) is 33.8 Å². The molecule has 2 aromatic rings. The third-order valence-electron chi connectivity index (χ3n) is 3.81. The van der Waals surface area contributed by atoms with E-state index in [0.717, 1.165) is 30.7 Å². The summed E-state index contributed by atoms with van der Waals surface area (Å²) in [5, 5.41) is 3.95. The average molecular weight is 333 g/mol. The number of amides is 2. The number of carbonyl (C=O) groups is 2. The van der Waals surface area contributed by atoms with E-state index in [1.54, 1.807) is 30.6 Å². The second-order valence-electron chi connectivity index (χ2n) is 5.86. The Bertz CT molecular complexity index is 706. The van der Waals surface area contributed by atoms with Gasteiger partial charge >= 0.3 is 0 Å². The van der Waals surface area contributed by atoms with Crippen molar-refractivity contribution in [2.24, 2.45) is 7.05 Å². The van der Waals surface area contributed by atoms with Crippen LogP contribution < -0.4 is 4.90 Å². The Morgan fingerprint density at radius 3 is 2.75 bits per heavy atom. The molecule has 0 aromatic carbocycles.